The monoisotopic (exact) mass is 332 g/mol. The molecule has 1 aromatic carbocycles. The van der Waals surface area contributed by atoms with Gasteiger partial charge in [-0.2, -0.15) is 0 Å². The van der Waals surface area contributed by atoms with Crippen molar-refractivity contribution < 1.29 is 18.4 Å². The number of ether oxygens (including phenoxy) is 1. The lowest BCUT2D eigenvalue weighted by Crippen LogP contribution is -2.38. The molecule has 1 aliphatic rings. The molecule has 2 heterocycles. The van der Waals surface area contributed by atoms with Crippen LogP contribution >= 0.6 is 0 Å². The average molecular weight is 332 g/mol. The zero-order valence-electron chi connectivity index (χ0n) is 13.7. The molecule has 1 saturated heterocycles. The Bertz CT molecular complexity index is 693. The molecular weight excluding hydrogens is 311 g/mol. The minimum atomic E-state index is -0.333. The van der Waals surface area contributed by atoms with Crippen molar-refractivity contribution in [2.75, 3.05) is 19.7 Å². The molecule has 6 heteroatoms. The van der Waals surface area contributed by atoms with E-state index in [2.05, 4.69) is 5.16 Å². The van der Waals surface area contributed by atoms with Crippen LogP contribution in [0.15, 0.2) is 34.9 Å². The Balaban J connectivity index is 1.42. The topological polar surface area (TPSA) is 55.6 Å². The number of halogens is 1. The van der Waals surface area contributed by atoms with Crippen molar-refractivity contribution in [1.29, 1.82) is 0 Å². The van der Waals surface area contributed by atoms with Gasteiger partial charge in [-0.05, 0) is 44.2 Å². The molecule has 128 valence electrons. The van der Waals surface area contributed by atoms with Crippen molar-refractivity contribution in [2.24, 2.45) is 5.92 Å². The van der Waals surface area contributed by atoms with Gasteiger partial charge in [-0.3, -0.25) is 4.79 Å². The van der Waals surface area contributed by atoms with Gasteiger partial charge in [0.1, 0.15) is 5.76 Å². The van der Waals surface area contributed by atoms with E-state index >= 15 is 0 Å². The molecule has 24 heavy (non-hydrogen) atoms. The van der Waals surface area contributed by atoms with Crippen molar-refractivity contribution >= 4 is 5.91 Å². The summed E-state index contributed by atoms with van der Waals surface area (Å²) in [4.78, 5) is 14.1. The number of carbonyl (C=O) groups excluding carboxylic acids is 1. The molecule has 0 saturated carbocycles. The summed E-state index contributed by atoms with van der Waals surface area (Å²) in [5.41, 5.74) is 0.369. The van der Waals surface area contributed by atoms with Gasteiger partial charge in [-0.15, -0.1) is 0 Å². The highest BCUT2D eigenvalue weighted by molar-refractivity contribution is 5.92. The first kappa shape index (κ1) is 16.5. The van der Waals surface area contributed by atoms with Crippen LogP contribution in [0.3, 0.4) is 0 Å². The molecule has 0 unspecified atom stereocenters. The molecule has 0 atom stereocenters. The molecular formula is C18H21FN2O3. The van der Waals surface area contributed by atoms with Crippen molar-refractivity contribution in [3.05, 3.63) is 47.6 Å². The number of aromatic nitrogens is 1. The number of piperidine rings is 1. The molecule has 0 aliphatic carbocycles. The fourth-order valence-electron chi connectivity index (χ4n) is 2.95. The first-order valence-corrected chi connectivity index (χ1v) is 8.23. The third-order valence-corrected chi connectivity index (χ3v) is 4.37. The van der Waals surface area contributed by atoms with Gasteiger partial charge in [0.15, 0.2) is 17.3 Å². The Morgan fingerprint density at radius 3 is 2.79 bits per heavy atom. The zero-order valence-corrected chi connectivity index (χ0v) is 13.7. The van der Waals surface area contributed by atoms with Crippen LogP contribution in [0, 0.1) is 18.7 Å². The summed E-state index contributed by atoms with van der Waals surface area (Å²) in [7, 11) is 0. The molecule has 0 radical (unpaired) electrons. The van der Waals surface area contributed by atoms with Gasteiger partial charge in [0, 0.05) is 19.2 Å². The quantitative estimate of drug-likeness (QED) is 0.841. The SMILES string of the molecule is Cc1cc(C(=O)N2CCC(CCOc3ccccc3F)CC2)no1. The summed E-state index contributed by atoms with van der Waals surface area (Å²) in [6.45, 7) is 3.66. The van der Waals surface area contributed by atoms with Crippen LogP contribution in [-0.4, -0.2) is 35.7 Å². The highest BCUT2D eigenvalue weighted by Gasteiger charge is 2.25. The second-order valence-corrected chi connectivity index (χ2v) is 6.13. The molecule has 1 fully saturated rings. The maximum atomic E-state index is 13.5. The highest BCUT2D eigenvalue weighted by atomic mass is 19.1. The van der Waals surface area contributed by atoms with E-state index in [9.17, 15) is 9.18 Å². The second-order valence-electron chi connectivity index (χ2n) is 6.13. The first-order valence-electron chi connectivity index (χ1n) is 8.23. The number of carbonyl (C=O) groups is 1. The van der Waals surface area contributed by atoms with E-state index in [1.165, 1.54) is 6.07 Å². The smallest absolute Gasteiger partial charge is 0.276 e. The lowest BCUT2D eigenvalue weighted by molar-refractivity contribution is 0.0669. The van der Waals surface area contributed by atoms with Gasteiger partial charge < -0.3 is 14.2 Å². The van der Waals surface area contributed by atoms with Crippen LogP contribution in [0.4, 0.5) is 4.39 Å². The number of aryl methyl sites for hydroxylation is 1. The average Bonchev–Trinajstić information content (AvgIpc) is 3.03. The number of para-hydroxylation sites is 1. The van der Waals surface area contributed by atoms with Crippen molar-refractivity contribution in [3.63, 3.8) is 0 Å². The van der Waals surface area contributed by atoms with E-state index in [0.29, 0.717) is 42.8 Å². The first-order chi connectivity index (χ1) is 11.6. The zero-order chi connectivity index (χ0) is 16.9. The van der Waals surface area contributed by atoms with Gasteiger partial charge in [0.2, 0.25) is 0 Å². The molecule has 5 nitrogen and oxygen atoms in total. The lowest BCUT2D eigenvalue weighted by Gasteiger charge is -2.31. The second kappa shape index (κ2) is 7.47. The van der Waals surface area contributed by atoms with E-state index in [-0.39, 0.29) is 11.7 Å². The largest absolute Gasteiger partial charge is 0.491 e. The molecule has 1 aromatic heterocycles. The summed E-state index contributed by atoms with van der Waals surface area (Å²) >= 11 is 0. The fourth-order valence-corrected chi connectivity index (χ4v) is 2.95. The van der Waals surface area contributed by atoms with Gasteiger partial charge in [0.25, 0.3) is 5.91 Å². The maximum Gasteiger partial charge on any atom is 0.276 e. The molecule has 1 amide bonds. The fraction of sp³-hybridized carbons (Fsp3) is 0.444. The Hall–Kier alpha value is -2.37. The van der Waals surface area contributed by atoms with E-state index < -0.39 is 0 Å². The number of nitrogens with zero attached hydrogens (tertiary/aromatic N) is 2. The van der Waals surface area contributed by atoms with Crippen LogP contribution in [0.5, 0.6) is 5.75 Å². The van der Waals surface area contributed by atoms with Crippen molar-refractivity contribution in [3.8, 4) is 5.75 Å². The Labute approximate surface area is 140 Å². The predicted molar refractivity (Wildman–Crippen MR) is 86.4 cm³/mol. The van der Waals surface area contributed by atoms with Crippen LogP contribution in [0.2, 0.25) is 0 Å². The number of amides is 1. The third kappa shape index (κ3) is 3.93. The molecule has 3 rings (SSSR count). The summed E-state index contributed by atoms with van der Waals surface area (Å²) in [5, 5.41) is 3.78. The molecule has 0 bridgehead atoms. The van der Waals surface area contributed by atoms with Gasteiger partial charge >= 0.3 is 0 Å². The normalized spacial score (nSPS) is 15.5. The van der Waals surface area contributed by atoms with E-state index in [4.69, 9.17) is 9.26 Å². The Morgan fingerprint density at radius 2 is 2.12 bits per heavy atom. The highest BCUT2D eigenvalue weighted by Crippen LogP contribution is 2.23. The molecule has 0 spiro atoms. The van der Waals surface area contributed by atoms with Crippen LogP contribution < -0.4 is 4.74 Å². The van der Waals surface area contributed by atoms with E-state index in [0.717, 1.165) is 19.3 Å². The Morgan fingerprint density at radius 1 is 1.38 bits per heavy atom. The molecule has 0 N–H and O–H groups in total. The predicted octanol–water partition coefficient (Wildman–Crippen LogP) is 3.44. The van der Waals surface area contributed by atoms with E-state index in [1.54, 1.807) is 31.2 Å². The van der Waals surface area contributed by atoms with E-state index in [1.807, 2.05) is 4.90 Å². The minimum Gasteiger partial charge on any atom is -0.491 e. The summed E-state index contributed by atoms with van der Waals surface area (Å²) in [5.74, 6) is 1.01. The number of benzene rings is 1. The van der Waals surface area contributed by atoms with Crippen LogP contribution in [0.1, 0.15) is 35.5 Å². The van der Waals surface area contributed by atoms with Gasteiger partial charge in [0.05, 0.1) is 6.61 Å². The van der Waals surface area contributed by atoms with Crippen LogP contribution in [-0.2, 0) is 0 Å². The minimum absolute atomic E-state index is 0.0760. The lowest BCUT2D eigenvalue weighted by atomic mass is 9.94. The van der Waals surface area contributed by atoms with Crippen molar-refractivity contribution in [2.45, 2.75) is 26.2 Å². The third-order valence-electron chi connectivity index (χ3n) is 4.37. The summed E-state index contributed by atoms with van der Waals surface area (Å²) < 4.78 is 23.9. The molecule has 1 aliphatic heterocycles. The maximum absolute atomic E-state index is 13.5. The standard InChI is InChI=1S/C18H21FN2O3/c1-13-12-16(20-24-13)18(22)21-9-6-14(7-10-21)8-11-23-17-5-3-2-4-15(17)19/h2-5,12,14H,6-11H2,1H3. The number of rotatable bonds is 5. The summed E-state index contributed by atoms with van der Waals surface area (Å²) in [6, 6.07) is 8.09. The molecule has 2 aromatic rings. The number of hydrogen-bond acceptors (Lipinski definition) is 4. The van der Waals surface area contributed by atoms with Crippen molar-refractivity contribution in [1.82, 2.24) is 10.1 Å². The number of likely N-dealkylation sites (tertiary alicyclic amines) is 1. The Kier molecular flexibility index (Phi) is 5.13. The summed E-state index contributed by atoms with van der Waals surface area (Å²) in [6.07, 6.45) is 2.70. The van der Waals surface area contributed by atoms with Crippen LogP contribution in [0.25, 0.3) is 0 Å². The van der Waals surface area contributed by atoms with Gasteiger partial charge in [-0.25, -0.2) is 4.39 Å². The van der Waals surface area contributed by atoms with Gasteiger partial charge in [-0.1, -0.05) is 17.3 Å². The number of hydrogen-bond donors (Lipinski definition) is 0.